The zero-order valence-electron chi connectivity index (χ0n) is 11.3. The number of aryl methyl sites for hydroxylation is 1. The normalized spacial score (nSPS) is 20.1. The van der Waals surface area contributed by atoms with Crippen molar-refractivity contribution < 1.29 is 15.0 Å². The highest BCUT2D eigenvalue weighted by molar-refractivity contribution is 5.44. The average molecular weight is 183 g/mol. The fraction of sp³-hybridized carbons (Fsp3) is 0.400. The molecule has 0 aromatic heterocycles. The van der Waals surface area contributed by atoms with Crippen molar-refractivity contribution in [3.63, 3.8) is 0 Å². The Kier molecular flexibility index (Phi) is 1.37. The Bertz CT molecular complexity index is 436. The number of likely N-dealkylation sites (N-methyl/N-ethyl adjacent to an activating group) is 1. The van der Waals surface area contributed by atoms with Gasteiger partial charge < -0.3 is 14.8 Å². The summed E-state index contributed by atoms with van der Waals surface area (Å²) in [4.78, 5) is 0. The maximum atomic E-state index is 7.87. The molecule has 0 unspecified atom stereocenters. The average Bonchev–Trinajstić information content (AvgIpc) is 2.75. The van der Waals surface area contributed by atoms with Crippen LogP contribution >= 0.6 is 0 Å². The van der Waals surface area contributed by atoms with E-state index in [1.165, 1.54) is 19.2 Å². The third-order valence-corrected chi connectivity index (χ3v) is 1.70. The minimum Gasteiger partial charge on any atom is -0.454 e. The Morgan fingerprint density at radius 2 is 2.31 bits per heavy atom. The van der Waals surface area contributed by atoms with Crippen LogP contribution in [-0.2, 0) is 6.37 Å². The van der Waals surface area contributed by atoms with Gasteiger partial charge in [-0.1, -0.05) is 6.07 Å². The largest absolute Gasteiger partial charge is 0.454 e. The molecule has 13 heavy (non-hydrogen) atoms. The molecule has 0 fully saturated rings. The van der Waals surface area contributed by atoms with Crippen molar-refractivity contribution in [2.45, 2.75) is 6.37 Å². The summed E-state index contributed by atoms with van der Waals surface area (Å²) in [6.07, 6.45) is -2.16. The quantitative estimate of drug-likeness (QED) is 0.763. The van der Waals surface area contributed by atoms with Gasteiger partial charge in [-0.15, -0.1) is 0 Å². The van der Waals surface area contributed by atoms with Gasteiger partial charge in [-0.05, 0) is 37.6 Å². The Hall–Kier alpha value is -1.22. The van der Waals surface area contributed by atoms with Crippen LogP contribution in [0.1, 0.15) is 11.0 Å². The van der Waals surface area contributed by atoms with Crippen molar-refractivity contribution in [1.82, 2.24) is 5.32 Å². The standard InChI is InChI=1S/C10H13NO2/c1-11-5-4-8-2-3-9-10(6-8)13-7-12-9/h2-3,6,11H,4-5,7H2,1H3/i4D2,5D2. The molecule has 0 saturated carbocycles. The molecule has 2 rings (SSSR count). The summed E-state index contributed by atoms with van der Waals surface area (Å²) in [7, 11) is 1.38. The molecule has 0 spiro atoms. The molecular weight excluding hydrogens is 166 g/mol. The van der Waals surface area contributed by atoms with Crippen LogP contribution in [0.3, 0.4) is 0 Å². The minimum atomic E-state index is -2.17. The highest BCUT2D eigenvalue weighted by Crippen LogP contribution is 2.32. The number of hydrogen-bond acceptors (Lipinski definition) is 3. The van der Waals surface area contributed by atoms with Crippen LogP contribution in [0.5, 0.6) is 11.5 Å². The second-order valence-electron chi connectivity index (χ2n) is 2.57. The number of fused-ring (bicyclic) bond motifs is 1. The number of rotatable bonds is 3. The van der Waals surface area contributed by atoms with Gasteiger partial charge in [0.2, 0.25) is 6.79 Å². The molecule has 0 radical (unpaired) electrons. The van der Waals surface area contributed by atoms with Crippen LogP contribution in [0.25, 0.3) is 0 Å². The fourth-order valence-corrected chi connectivity index (χ4v) is 1.11. The van der Waals surface area contributed by atoms with E-state index >= 15 is 0 Å². The summed E-state index contributed by atoms with van der Waals surface area (Å²) in [6, 6.07) is 4.56. The van der Waals surface area contributed by atoms with E-state index in [0.29, 0.717) is 11.5 Å². The zero-order valence-corrected chi connectivity index (χ0v) is 7.26. The number of benzene rings is 1. The fourth-order valence-electron chi connectivity index (χ4n) is 1.11. The molecule has 1 N–H and O–H groups in total. The van der Waals surface area contributed by atoms with Crippen molar-refractivity contribution in [1.29, 1.82) is 0 Å². The maximum absolute atomic E-state index is 7.87. The first-order valence-electron chi connectivity index (χ1n) is 5.97. The summed E-state index contributed by atoms with van der Waals surface area (Å²) >= 11 is 0. The Balaban J connectivity index is 2.40. The SMILES string of the molecule is [2H]C([2H])(NC)C([2H])([2H])c1ccc2c(c1)OCO2. The molecule has 1 aromatic rings. The molecule has 0 atom stereocenters. The number of hydrogen-bond donors (Lipinski definition) is 1. The van der Waals surface area contributed by atoms with Crippen LogP contribution in [0.15, 0.2) is 18.2 Å². The van der Waals surface area contributed by atoms with E-state index in [4.69, 9.17) is 15.0 Å². The van der Waals surface area contributed by atoms with E-state index in [9.17, 15) is 0 Å². The smallest absolute Gasteiger partial charge is 0.231 e. The monoisotopic (exact) mass is 183 g/mol. The molecule has 3 heteroatoms. The lowest BCUT2D eigenvalue weighted by molar-refractivity contribution is 0.174. The van der Waals surface area contributed by atoms with Gasteiger partial charge >= 0.3 is 0 Å². The van der Waals surface area contributed by atoms with Crippen molar-refractivity contribution in [2.24, 2.45) is 0 Å². The molecule has 1 aliphatic heterocycles. The second kappa shape index (κ2) is 3.66. The lowest BCUT2D eigenvalue weighted by Crippen LogP contribution is -2.10. The number of nitrogens with one attached hydrogen (secondary N) is 1. The maximum Gasteiger partial charge on any atom is 0.231 e. The van der Waals surface area contributed by atoms with Crippen LogP contribution < -0.4 is 14.8 Å². The van der Waals surface area contributed by atoms with Gasteiger partial charge in [0.1, 0.15) is 0 Å². The van der Waals surface area contributed by atoms with Crippen molar-refractivity contribution in [3.05, 3.63) is 23.8 Å². The summed E-state index contributed by atoms with van der Waals surface area (Å²) in [6.45, 7) is -2.05. The molecule has 0 bridgehead atoms. The lowest BCUT2D eigenvalue weighted by Gasteiger charge is -2.01. The van der Waals surface area contributed by atoms with Crippen LogP contribution in [0, 0.1) is 0 Å². The number of ether oxygens (including phenoxy) is 2. The van der Waals surface area contributed by atoms with Crippen LogP contribution in [0.2, 0.25) is 0 Å². The Morgan fingerprint density at radius 1 is 1.46 bits per heavy atom. The first-order valence-corrected chi connectivity index (χ1v) is 3.97. The third-order valence-electron chi connectivity index (χ3n) is 1.70. The first-order chi connectivity index (χ1) is 7.88. The van der Waals surface area contributed by atoms with Gasteiger partial charge in [0, 0.05) is 5.48 Å². The Morgan fingerprint density at radius 3 is 3.15 bits per heavy atom. The predicted molar refractivity (Wildman–Crippen MR) is 50.2 cm³/mol. The van der Waals surface area contributed by atoms with Gasteiger partial charge in [0.15, 0.2) is 11.5 Å². The van der Waals surface area contributed by atoms with E-state index in [1.54, 1.807) is 6.07 Å². The molecule has 3 nitrogen and oxygen atoms in total. The van der Waals surface area contributed by atoms with Gasteiger partial charge in [0.05, 0.1) is 0 Å². The highest BCUT2D eigenvalue weighted by atomic mass is 16.7. The predicted octanol–water partition coefficient (Wildman–Crippen LogP) is 1.18. The third kappa shape index (κ3) is 1.75. The summed E-state index contributed by atoms with van der Waals surface area (Å²) < 4.78 is 41.2. The van der Waals surface area contributed by atoms with Crippen molar-refractivity contribution in [2.75, 3.05) is 20.3 Å². The Labute approximate surface area is 83.3 Å². The van der Waals surface area contributed by atoms with Crippen molar-refractivity contribution >= 4 is 0 Å². The van der Waals surface area contributed by atoms with E-state index in [2.05, 4.69) is 5.32 Å². The molecule has 1 aliphatic rings. The molecule has 1 heterocycles. The minimum absolute atomic E-state index is 0.112. The first kappa shape index (κ1) is 4.86. The van der Waals surface area contributed by atoms with Gasteiger partial charge in [-0.25, -0.2) is 0 Å². The van der Waals surface area contributed by atoms with E-state index < -0.39 is 12.9 Å². The molecular formula is C10H13NO2. The second-order valence-corrected chi connectivity index (χ2v) is 2.57. The molecule has 70 valence electrons. The van der Waals surface area contributed by atoms with Gasteiger partial charge in [0.25, 0.3) is 0 Å². The van der Waals surface area contributed by atoms with E-state index in [-0.39, 0.29) is 12.4 Å². The zero-order chi connectivity index (χ0) is 12.7. The molecule has 1 aromatic carbocycles. The molecule has 0 saturated heterocycles. The van der Waals surface area contributed by atoms with Gasteiger partial charge in [-0.2, -0.15) is 0 Å². The summed E-state index contributed by atoms with van der Waals surface area (Å²) in [5.41, 5.74) is 0.209. The van der Waals surface area contributed by atoms with Crippen LogP contribution in [-0.4, -0.2) is 20.3 Å². The van der Waals surface area contributed by atoms with Crippen molar-refractivity contribution in [3.8, 4) is 11.5 Å². The lowest BCUT2D eigenvalue weighted by atomic mass is 10.1. The topological polar surface area (TPSA) is 30.5 Å². The summed E-state index contributed by atoms with van der Waals surface area (Å²) in [5.74, 6) is 0.993. The highest BCUT2D eigenvalue weighted by Gasteiger charge is 2.12. The van der Waals surface area contributed by atoms with E-state index in [0.717, 1.165) is 0 Å². The molecule has 0 aliphatic carbocycles. The summed E-state index contributed by atoms with van der Waals surface area (Å²) in [5, 5.41) is 2.33. The molecule has 0 amide bonds. The van der Waals surface area contributed by atoms with Gasteiger partial charge in [-0.3, -0.25) is 0 Å². The van der Waals surface area contributed by atoms with E-state index in [1.807, 2.05) is 0 Å². The van der Waals surface area contributed by atoms with Crippen LogP contribution in [0.4, 0.5) is 0 Å².